The van der Waals surface area contributed by atoms with Crippen LogP contribution in [0.4, 0.5) is 0 Å². The molecule has 0 amide bonds. The van der Waals surface area contributed by atoms with Crippen LogP contribution in [0.25, 0.3) is 10.2 Å². The van der Waals surface area contributed by atoms with Crippen molar-refractivity contribution in [3.05, 3.63) is 28.2 Å². The number of aromatic nitrogens is 1. The highest BCUT2D eigenvalue weighted by atomic mass is 35.5. The Morgan fingerprint density at radius 3 is 3.13 bits per heavy atom. The van der Waals surface area contributed by atoms with Gasteiger partial charge in [-0.2, -0.15) is 0 Å². The van der Waals surface area contributed by atoms with Crippen LogP contribution in [0.3, 0.4) is 0 Å². The van der Waals surface area contributed by atoms with Crippen LogP contribution in [0.2, 0.25) is 5.02 Å². The Morgan fingerprint density at radius 2 is 2.47 bits per heavy atom. The van der Waals surface area contributed by atoms with Gasteiger partial charge in [-0.3, -0.25) is 4.98 Å². The Hall–Kier alpha value is -1.13. The number of ether oxygens (including phenoxy) is 1. The van der Waals surface area contributed by atoms with Crippen molar-refractivity contribution in [2.75, 3.05) is 6.61 Å². The summed E-state index contributed by atoms with van der Waals surface area (Å²) < 4.78 is 5.72. The van der Waals surface area contributed by atoms with Crippen LogP contribution in [0.15, 0.2) is 18.3 Å². The fourth-order valence-corrected chi connectivity index (χ4v) is 2.39. The third kappa shape index (κ3) is 1.96. The lowest BCUT2D eigenvalue weighted by Crippen LogP contribution is -2.01. The van der Waals surface area contributed by atoms with E-state index in [0.29, 0.717) is 16.5 Å². The number of fused-ring (bicyclic) bond motifs is 1. The van der Waals surface area contributed by atoms with Crippen LogP contribution in [-0.4, -0.2) is 17.6 Å². The lowest BCUT2D eigenvalue weighted by atomic mass is 10.4. The van der Waals surface area contributed by atoms with E-state index in [4.69, 9.17) is 16.3 Å². The third-order valence-electron chi connectivity index (χ3n) is 1.84. The van der Waals surface area contributed by atoms with Crippen molar-refractivity contribution in [2.45, 2.75) is 6.92 Å². The molecule has 0 saturated carbocycles. The molecule has 0 aliphatic heterocycles. The molecule has 0 fully saturated rings. The fraction of sp³-hybridized carbons (Fsp3) is 0.200. The Morgan fingerprint density at radius 1 is 1.67 bits per heavy atom. The van der Waals surface area contributed by atoms with Gasteiger partial charge in [0.2, 0.25) is 0 Å². The second-order valence-electron chi connectivity index (χ2n) is 2.84. The molecule has 0 bridgehead atoms. The van der Waals surface area contributed by atoms with Crippen LogP contribution >= 0.6 is 22.9 Å². The topological polar surface area (TPSA) is 39.2 Å². The van der Waals surface area contributed by atoms with Gasteiger partial charge < -0.3 is 4.74 Å². The number of thiophene rings is 1. The van der Waals surface area contributed by atoms with Crippen molar-refractivity contribution < 1.29 is 9.53 Å². The van der Waals surface area contributed by atoms with Gasteiger partial charge in [0.1, 0.15) is 4.88 Å². The molecule has 0 aliphatic rings. The monoisotopic (exact) mass is 241 g/mol. The molecule has 5 heteroatoms. The molecule has 0 aromatic carbocycles. The van der Waals surface area contributed by atoms with Gasteiger partial charge >= 0.3 is 5.97 Å². The first-order chi connectivity index (χ1) is 7.22. The van der Waals surface area contributed by atoms with E-state index in [2.05, 4.69) is 4.98 Å². The number of esters is 1. The van der Waals surface area contributed by atoms with E-state index in [-0.39, 0.29) is 5.97 Å². The number of pyridine rings is 1. The second kappa shape index (κ2) is 4.16. The molecule has 0 radical (unpaired) electrons. The zero-order valence-electron chi connectivity index (χ0n) is 7.99. The van der Waals surface area contributed by atoms with E-state index in [9.17, 15) is 4.79 Å². The van der Waals surface area contributed by atoms with E-state index >= 15 is 0 Å². The maximum atomic E-state index is 11.4. The molecule has 0 atom stereocenters. The van der Waals surface area contributed by atoms with E-state index < -0.39 is 0 Å². The van der Waals surface area contributed by atoms with Gasteiger partial charge in [0, 0.05) is 6.20 Å². The van der Waals surface area contributed by atoms with Crippen molar-refractivity contribution in [1.29, 1.82) is 0 Å². The van der Waals surface area contributed by atoms with Crippen molar-refractivity contribution in [1.82, 2.24) is 4.98 Å². The Bertz CT molecular complexity index is 509. The normalized spacial score (nSPS) is 10.5. The fourth-order valence-electron chi connectivity index (χ4n) is 1.21. The molecule has 0 unspecified atom stereocenters. The Balaban J connectivity index is 2.47. The number of halogens is 1. The molecule has 0 aliphatic carbocycles. The van der Waals surface area contributed by atoms with Gasteiger partial charge in [0.15, 0.2) is 0 Å². The third-order valence-corrected chi connectivity index (χ3v) is 3.41. The van der Waals surface area contributed by atoms with E-state index in [1.165, 1.54) is 11.3 Å². The highest BCUT2D eigenvalue weighted by Gasteiger charge is 2.13. The van der Waals surface area contributed by atoms with Crippen LogP contribution in [0, 0.1) is 0 Å². The number of rotatable bonds is 2. The summed E-state index contributed by atoms with van der Waals surface area (Å²) in [5.74, 6) is -0.323. The molecule has 2 aromatic heterocycles. The molecule has 2 heterocycles. The van der Waals surface area contributed by atoms with Crippen molar-refractivity contribution in [2.24, 2.45) is 0 Å². The molecule has 0 saturated heterocycles. The lowest BCUT2D eigenvalue weighted by Gasteiger charge is -1.95. The lowest BCUT2D eigenvalue weighted by molar-refractivity contribution is 0.0532. The quantitative estimate of drug-likeness (QED) is 0.759. The maximum Gasteiger partial charge on any atom is 0.348 e. The van der Waals surface area contributed by atoms with E-state index in [1.54, 1.807) is 25.3 Å². The van der Waals surface area contributed by atoms with Crippen LogP contribution < -0.4 is 0 Å². The van der Waals surface area contributed by atoms with Crippen LogP contribution in [-0.2, 0) is 4.74 Å². The van der Waals surface area contributed by atoms with Gasteiger partial charge in [0.25, 0.3) is 0 Å². The zero-order chi connectivity index (χ0) is 10.8. The molecule has 3 nitrogen and oxygen atoms in total. The predicted molar refractivity (Wildman–Crippen MR) is 60.6 cm³/mol. The summed E-state index contributed by atoms with van der Waals surface area (Å²) in [6, 6.07) is 3.40. The van der Waals surface area contributed by atoms with Crippen molar-refractivity contribution in [3.8, 4) is 0 Å². The van der Waals surface area contributed by atoms with Gasteiger partial charge in [-0.25, -0.2) is 4.79 Å². The van der Waals surface area contributed by atoms with Crippen molar-refractivity contribution >= 4 is 39.1 Å². The molecule has 2 rings (SSSR count). The highest BCUT2D eigenvalue weighted by Crippen LogP contribution is 2.30. The maximum absolute atomic E-state index is 11.4. The number of hydrogen-bond acceptors (Lipinski definition) is 4. The molecule has 15 heavy (non-hydrogen) atoms. The first-order valence-electron chi connectivity index (χ1n) is 4.43. The summed E-state index contributed by atoms with van der Waals surface area (Å²) in [6.45, 7) is 2.14. The number of nitrogens with zero attached hydrogens (tertiary/aromatic N) is 1. The number of carbonyl (C=O) groups is 1. The number of carbonyl (C=O) groups excluding carboxylic acids is 1. The standard InChI is InChI=1S/C10H8ClNO2S/c1-2-14-10(13)8-5-7-9(15-8)6(11)3-4-12-7/h3-5H,2H2,1H3. The van der Waals surface area contributed by atoms with Crippen molar-refractivity contribution in [3.63, 3.8) is 0 Å². The number of hydrogen-bond donors (Lipinski definition) is 0. The van der Waals surface area contributed by atoms with Crippen LogP contribution in [0.5, 0.6) is 0 Å². The minimum absolute atomic E-state index is 0.323. The second-order valence-corrected chi connectivity index (χ2v) is 4.30. The largest absolute Gasteiger partial charge is 0.462 e. The predicted octanol–water partition coefficient (Wildman–Crippen LogP) is 3.13. The Kier molecular flexibility index (Phi) is 2.88. The van der Waals surface area contributed by atoms with Gasteiger partial charge in [-0.05, 0) is 19.1 Å². The first-order valence-corrected chi connectivity index (χ1v) is 5.63. The highest BCUT2D eigenvalue weighted by molar-refractivity contribution is 7.21. The van der Waals surface area contributed by atoms with Gasteiger partial charge in [0.05, 0.1) is 21.8 Å². The first kappa shape index (κ1) is 10.4. The molecule has 2 aromatic rings. The Labute approximate surface area is 95.6 Å². The average Bonchev–Trinajstić information content (AvgIpc) is 2.63. The average molecular weight is 242 g/mol. The minimum Gasteiger partial charge on any atom is -0.462 e. The van der Waals surface area contributed by atoms with Crippen LogP contribution in [0.1, 0.15) is 16.6 Å². The molecule has 0 N–H and O–H groups in total. The molecule has 78 valence electrons. The summed E-state index contributed by atoms with van der Waals surface area (Å²) in [5.41, 5.74) is 0.732. The smallest absolute Gasteiger partial charge is 0.348 e. The SMILES string of the molecule is CCOC(=O)c1cc2nccc(Cl)c2s1. The molecule has 0 spiro atoms. The zero-order valence-corrected chi connectivity index (χ0v) is 9.56. The summed E-state index contributed by atoms with van der Waals surface area (Å²) in [4.78, 5) is 16.1. The van der Waals surface area contributed by atoms with Gasteiger partial charge in [-0.1, -0.05) is 11.6 Å². The van der Waals surface area contributed by atoms with E-state index in [0.717, 1.165) is 10.2 Å². The minimum atomic E-state index is -0.323. The van der Waals surface area contributed by atoms with E-state index in [1.807, 2.05) is 0 Å². The summed E-state index contributed by atoms with van der Waals surface area (Å²) >= 11 is 7.27. The summed E-state index contributed by atoms with van der Waals surface area (Å²) in [5, 5.41) is 0.612. The van der Waals surface area contributed by atoms with Gasteiger partial charge in [-0.15, -0.1) is 11.3 Å². The summed E-state index contributed by atoms with van der Waals surface area (Å²) in [7, 11) is 0. The molecular formula is C10H8ClNO2S. The summed E-state index contributed by atoms with van der Waals surface area (Å²) in [6.07, 6.45) is 1.62. The molecular weight excluding hydrogens is 234 g/mol.